The van der Waals surface area contributed by atoms with E-state index < -0.39 is 0 Å². The van der Waals surface area contributed by atoms with Crippen molar-refractivity contribution in [3.63, 3.8) is 0 Å². The van der Waals surface area contributed by atoms with Crippen molar-refractivity contribution >= 4 is 29.0 Å². The SMILES string of the molecule is Cc1cc(NC(=O)CN2CC(=O)Nc3ccccc32)no1. The molecule has 21 heavy (non-hydrogen) atoms. The number of nitrogens with zero attached hydrogens (tertiary/aromatic N) is 2. The second kappa shape index (κ2) is 5.28. The van der Waals surface area contributed by atoms with E-state index in [1.165, 1.54) is 0 Å². The number of para-hydroxylation sites is 2. The predicted molar refractivity (Wildman–Crippen MR) is 77.2 cm³/mol. The summed E-state index contributed by atoms with van der Waals surface area (Å²) in [4.78, 5) is 25.4. The van der Waals surface area contributed by atoms with Crippen molar-refractivity contribution in [1.29, 1.82) is 0 Å². The van der Waals surface area contributed by atoms with E-state index >= 15 is 0 Å². The molecule has 7 nitrogen and oxygen atoms in total. The third kappa shape index (κ3) is 2.86. The number of carbonyl (C=O) groups is 2. The van der Waals surface area contributed by atoms with Crippen LogP contribution in [0.15, 0.2) is 34.9 Å². The van der Waals surface area contributed by atoms with E-state index in [1.54, 1.807) is 24.0 Å². The molecule has 108 valence electrons. The number of aryl methyl sites for hydroxylation is 1. The van der Waals surface area contributed by atoms with Crippen molar-refractivity contribution in [2.24, 2.45) is 0 Å². The van der Waals surface area contributed by atoms with E-state index in [2.05, 4.69) is 15.8 Å². The molecule has 1 aromatic heterocycles. The van der Waals surface area contributed by atoms with Crippen LogP contribution in [0.1, 0.15) is 5.76 Å². The molecular weight excluding hydrogens is 272 g/mol. The molecule has 3 rings (SSSR count). The molecule has 0 fully saturated rings. The molecule has 0 unspecified atom stereocenters. The third-order valence-electron chi connectivity index (χ3n) is 3.08. The van der Waals surface area contributed by atoms with Gasteiger partial charge in [0.15, 0.2) is 5.82 Å². The van der Waals surface area contributed by atoms with Gasteiger partial charge in [0.05, 0.1) is 24.5 Å². The molecule has 0 spiro atoms. The summed E-state index contributed by atoms with van der Waals surface area (Å²) in [6.07, 6.45) is 0. The van der Waals surface area contributed by atoms with Gasteiger partial charge >= 0.3 is 0 Å². The van der Waals surface area contributed by atoms with Gasteiger partial charge < -0.3 is 20.1 Å². The van der Waals surface area contributed by atoms with Gasteiger partial charge in [-0.3, -0.25) is 9.59 Å². The van der Waals surface area contributed by atoms with E-state index in [0.29, 0.717) is 17.3 Å². The molecule has 2 N–H and O–H groups in total. The van der Waals surface area contributed by atoms with Crippen LogP contribution >= 0.6 is 0 Å². The lowest BCUT2D eigenvalue weighted by molar-refractivity contribution is -0.115. The first-order chi connectivity index (χ1) is 10.1. The molecule has 7 heteroatoms. The van der Waals surface area contributed by atoms with Gasteiger partial charge in [-0.05, 0) is 19.1 Å². The Bertz CT molecular complexity index is 695. The van der Waals surface area contributed by atoms with Crippen LogP contribution in [0.2, 0.25) is 0 Å². The number of fused-ring (bicyclic) bond motifs is 1. The Morgan fingerprint density at radius 1 is 1.48 bits per heavy atom. The topological polar surface area (TPSA) is 87.5 Å². The van der Waals surface area contributed by atoms with Crippen LogP contribution in [0.5, 0.6) is 0 Å². The van der Waals surface area contributed by atoms with Crippen molar-refractivity contribution < 1.29 is 14.1 Å². The smallest absolute Gasteiger partial charge is 0.245 e. The average Bonchev–Trinajstić information content (AvgIpc) is 2.83. The number of rotatable bonds is 3. The Hall–Kier alpha value is -2.83. The summed E-state index contributed by atoms with van der Waals surface area (Å²) in [5.74, 6) is 0.590. The number of hydrogen-bond donors (Lipinski definition) is 2. The first kappa shape index (κ1) is 13.2. The van der Waals surface area contributed by atoms with Crippen molar-refractivity contribution in [2.75, 3.05) is 28.6 Å². The maximum Gasteiger partial charge on any atom is 0.245 e. The Kier molecular flexibility index (Phi) is 3.31. The van der Waals surface area contributed by atoms with Crippen molar-refractivity contribution in [3.05, 3.63) is 36.1 Å². The molecule has 0 bridgehead atoms. The minimum absolute atomic E-state index is 0.0658. The van der Waals surface area contributed by atoms with Gasteiger partial charge in [-0.25, -0.2) is 0 Å². The summed E-state index contributed by atoms with van der Waals surface area (Å²) in [7, 11) is 0. The summed E-state index contributed by atoms with van der Waals surface area (Å²) in [6, 6.07) is 9.00. The fourth-order valence-corrected chi connectivity index (χ4v) is 2.23. The number of aromatic nitrogens is 1. The summed E-state index contributed by atoms with van der Waals surface area (Å²) in [5.41, 5.74) is 1.53. The fourth-order valence-electron chi connectivity index (χ4n) is 2.23. The second-order valence-corrected chi connectivity index (χ2v) is 4.79. The zero-order valence-electron chi connectivity index (χ0n) is 11.4. The van der Waals surface area contributed by atoms with Crippen molar-refractivity contribution in [1.82, 2.24) is 5.16 Å². The minimum Gasteiger partial charge on any atom is -0.360 e. The van der Waals surface area contributed by atoms with Crippen molar-refractivity contribution in [3.8, 4) is 0 Å². The normalized spacial score (nSPS) is 13.6. The molecule has 1 aromatic carbocycles. The maximum atomic E-state index is 12.0. The van der Waals surface area contributed by atoms with E-state index in [9.17, 15) is 9.59 Å². The number of carbonyl (C=O) groups excluding carboxylic acids is 2. The number of benzene rings is 1. The highest BCUT2D eigenvalue weighted by atomic mass is 16.5. The second-order valence-electron chi connectivity index (χ2n) is 4.79. The number of anilines is 3. The van der Waals surface area contributed by atoms with E-state index in [1.807, 2.05) is 18.2 Å². The monoisotopic (exact) mass is 286 g/mol. The summed E-state index contributed by atoms with van der Waals surface area (Å²) >= 11 is 0. The van der Waals surface area contributed by atoms with Crippen LogP contribution in [0, 0.1) is 6.92 Å². The molecule has 1 aliphatic rings. The van der Waals surface area contributed by atoms with Gasteiger partial charge in [-0.2, -0.15) is 0 Å². The lowest BCUT2D eigenvalue weighted by Crippen LogP contribution is -2.42. The molecule has 1 aliphatic heterocycles. The summed E-state index contributed by atoms with van der Waals surface area (Å²) < 4.78 is 4.89. The molecular formula is C14H14N4O3. The molecule has 0 saturated heterocycles. The van der Waals surface area contributed by atoms with Crippen molar-refractivity contribution in [2.45, 2.75) is 6.92 Å². The van der Waals surface area contributed by atoms with Gasteiger partial charge in [0, 0.05) is 6.07 Å². The molecule has 0 radical (unpaired) electrons. The average molecular weight is 286 g/mol. The van der Waals surface area contributed by atoms with E-state index in [0.717, 1.165) is 5.69 Å². The maximum absolute atomic E-state index is 12.0. The standard InChI is InChI=1S/C14H14N4O3/c1-9-6-12(17-21-9)16-14(20)8-18-7-13(19)15-10-4-2-3-5-11(10)18/h2-6H,7-8H2,1H3,(H,15,19)(H,16,17,20). The lowest BCUT2D eigenvalue weighted by atomic mass is 10.2. The van der Waals surface area contributed by atoms with Crippen LogP contribution in [0.3, 0.4) is 0 Å². The van der Waals surface area contributed by atoms with Crippen LogP contribution in [0.25, 0.3) is 0 Å². The quantitative estimate of drug-likeness (QED) is 0.890. The molecule has 0 atom stereocenters. The molecule has 2 aromatic rings. The fraction of sp³-hybridized carbons (Fsp3) is 0.214. The van der Waals surface area contributed by atoms with Crippen LogP contribution in [-0.2, 0) is 9.59 Å². The molecule has 0 saturated carbocycles. The minimum atomic E-state index is -0.257. The Morgan fingerprint density at radius 2 is 2.29 bits per heavy atom. The highest BCUT2D eigenvalue weighted by molar-refractivity contribution is 6.03. The number of hydrogen-bond acceptors (Lipinski definition) is 5. The summed E-state index contributed by atoms with van der Waals surface area (Å²) in [6.45, 7) is 1.95. The summed E-state index contributed by atoms with van der Waals surface area (Å²) in [5, 5.41) is 9.12. The van der Waals surface area contributed by atoms with Gasteiger partial charge in [0.25, 0.3) is 0 Å². The molecule has 0 aliphatic carbocycles. The highest BCUT2D eigenvalue weighted by Gasteiger charge is 2.23. The first-order valence-corrected chi connectivity index (χ1v) is 6.49. The Balaban J connectivity index is 1.72. The first-order valence-electron chi connectivity index (χ1n) is 6.49. The van der Waals surface area contributed by atoms with E-state index in [4.69, 9.17) is 4.52 Å². The Morgan fingerprint density at radius 3 is 3.05 bits per heavy atom. The zero-order chi connectivity index (χ0) is 14.8. The molecule has 2 heterocycles. The zero-order valence-corrected chi connectivity index (χ0v) is 11.4. The van der Waals surface area contributed by atoms with Gasteiger partial charge in [-0.15, -0.1) is 0 Å². The van der Waals surface area contributed by atoms with Gasteiger partial charge in [-0.1, -0.05) is 17.3 Å². The van der Waals surface area contributed by atoms with Crippen LogP contribution < -0.4 is 15.5 Å². The Labute approximate surface area is 120 Å². The predicted octanol–water partition coefficient (Wildman–Crippen LogP) is 1.38. The van der Waals surface area contributed by atoms with Gasteiger partial charge in [0.2, 0.25) is 11.8 Å². The lowest BCUT2D eigenvalue weighted by Gasteiger charge is -2.30. The number of nitrogens with one attached hydrogen (secondary N) is 2. The molecule has 2 amide bonds. The van der Waals surface area contributed by atoms with Crippen LogP contribution in [0.4, 0.5) is 17.2 Å². The van der Waals surface area contributed by atoms with Crippen LogP contribution in [-0.4, -0.2) is 30.1 Å². The third-order valence-corrected chi connectivity index (χ3v) is 3.08. The highest BCUT2D eigenvalue weighted by Crippen LogP contribution is 2.28. The largest absolute Gasteiger partial charge is 0.360 e. The van der Waals surface area contributed by atoms with Gasteiger partial charge in [0.1, 0.15) is 5.76 Å². The number of amides is 2. The van der Waals surface area contributed by atoms with E-state index in [-0.39, 0.29) is 24.9 Å².